The fourth-order valence-electron chi connectivity index (χ4n) is 2.66. The van der Waals surface area contributed by atoms with Crippen LogP contribution in [0.4, 0.5) is 8.78 Å². The van der Waals surface area contributed by atoms with E-state index in [1.165, 1.54) is 6.07 Å². The van der Waals surface area contributed by atoms with Crippen LogP contribution in [-0.4, -0.2) is 43.2 Å². The standard InChI is InChI=1S/C15H20F2N2O2/c1-3-21-15(20)13-9-18-7-8-19(13)10(2)11-5-4-6-12(16)14(11)17/h4-6,10,13,18H,3,7-9H2,1-2H3. The molecular formula is C15H20F2N2O2. The number of rotatable bonds is 4. The molecule has 2 atom stereocenters. The summed E-state index contributed by atoms with van der Waals surface area (Å²) in [7, 11) is 0. The van der Waals surface area contributed by atoms with Crippen LogP contribution in [0.2, 0.25) is 0 Å². The van der Waals surface area contributed by atoms with Crippen LogP contribution in [0, 0.1) is 11.6 Å². The zero-order chi connectivity index (χ0) is 15.4. The van der Waals surface area contributed by atoms with Gasteiger partial charge in [0.25, 0.3) is 0 Å². The van der Waals surface area contributed by atoms with Crippen molar-refractivity contribution in [2.45, 2.75) is 25.9 Å². The highest BCUT2D eigenvalue weighted by Gasteiger charge is 2.34. The van der Waals surface area contributed by atoms with E-state index in [0.29, 0.717) is 26.2 Å². The largest absolute Gasteiger partial charge is 0.465 e. The van der Waals surface area contributed by atoms with Gasteiger partial charge in [-0.2, -0.15) is 0 Å². The topological polar surface area (TPSA) is 41.6 Å². The molecule has 0 spiro atoms. The summed E-state index contributed by atoms with van der Waals surface area (Å²) in [4.78, 5) is 13.9. The molecule has 2 rings (SSSR count). The van der Waals surface area contributed by atoms with Gasteiger partial charge in [0, 0.05) is 31.2 Å². The molecule has 0 saturated carbocycles. The molecule has 1 aliphatic heterocycles. The van der Waals surface area contributed by atoms with Crippen molar-refractivity contribution in [2.75, 3.05) is 26.2 Å². The van der Waals surface area contributed by atoms with Gasteiger partial charge in [-0.15, -0.1) is 0 Å². The van der Waals surface area contributed by atoms with Gasteiger partial charge in [0.1, 0.15) is 6.04 Å². The van der Waals surface area contributed by atoms with E-state index in [1.807, 2.05) is 4.90 Å². The summed E-state index contributed by atoms with van der Waals surface area (Å²) >= 11 is 0. The Morgan fingerprint density at radius 1 is 1.52 bits per heavy atom. The SMILES string of the molecule is CCOC(=O)C1CNCCN1C(C)c1cccc(F)c1F. The Morgan fingerprint density at radius 3 is 3.00 bits per heavy atom. The molecule has 1 N–H and O–H groups in total. The Balaban J connectivity index is 2.24. The van der Waals surface area contributed by atoms with E-state index in [-0.39, 0.29) is 11.5 Å². The van der Waals surface area contributed by atoms with Crippen LogP contribution in [0.5, 0.6) is 0 Å². The van der Waals surface area contributed by atoms with Crippen LogP contribution in [0.25, 0.3) is 0 Å². The van der Waals surface area contributed by atoms with Crippen LogP contribution in [-0.2, 0) is 9.53 Å². The van der Waals surface area contributed by atoms with Crippen molar-refractivity contribution < 1.29 is 18.3 Å². The van der Waals surface area contributed by atoms with Gasteiger partial charge in [-0.25, -0.2) is 8.78 Å². The van der Waals surface area contributed by atoms with Gasteiger partial charge in [-0.1, -0.05) is 12.1 Å². The minimum absolute atomic E-state index is 0.256. The second-order valence-corrected chi connectivity index (χ2v) is 5.03. The summed E-state index contributed by atoms with van der Waals surface area (Å²) < 4.78 is 32.4. The maximum atomic E-state index is 13.9. The number of hydrogen-bond acceptors (Lipinski definition) is 4. The van der Waals surface area contributed by atoms with E-state index in [9.17, 15) is 13.6 Å². The van der Waals surface area contributed by atoms with E-state index in [0.717, 1.165) is 6.07 Å². The van der Waals surface area contributed by atoms with E-state index in [1.54, 1.807) is 19.9 Å². The molecule has 0 radical (unpaired) electrons. The second kappa shape index (κ2) is 6.95. The number of nitrogens with zero attached hydrogens (tertiary/aromatic N) is 1. The number of nitrogens with one attached hydrogen (secondary N) is 1. The van der Waals surface area contributed by atoms with Crippen LogP contribution >= 0.6 is 0 Å². The summed E-state index contributed by atoms with van der Waals surface area (Å²) in [5, 5.41) is 3.13. The lowest BCUT2D eigenvalue weighted by molar-refractivity contribution is -0.151. The van der Waals surface area contributed by atoms with Crippen LogP contribution in [0.1, 0.15) is 25.5 Å². The molecule has 1 saturated heterocycles. The van der Waals surface area contributed by atoms with Crippen molar-refractivity contribution >= 4 is 5.97 Å². The maximum absolute atomic E-state index is 13.9. The number of ether oxygens (including phenoxy) is 1. The van der Waals surface area contributed by atoms with E-state index in [4.69, 9.17) is 4.74 Å². The molecule has 116 valence electrons. The van der Waals surface area contributed by atoms with Gasteiger partial charge in [-0.3, -0.25) is 9.69 Å². The molecule has 4 nitrogen and oxygen atoms in total. The van der Waals surface area contributed by atoms with E-state index in [2.05, 4.69) is 5.32 Å². The van der Waals surface area contributed by atoms with Crippen molar-refractivity contribution in [2.24, 2.45) is 0 Å². The Bertz CT molecular complexity index is 510. The summed E-state index contributed by atoms with van der Waals surface area (Å²) in [5.41, 5.74) is 0.256. The van der Waals surface area contributed by atoms with Gasteiger partial charge in [0.15, 0.2) is 11.6 Å². The Hall–Kier alpha value is -1.53. The van der Waals surface area contributed by atoms with Crippen molar-refractivity contribution in [3.8, 4) is 0 Å². The highest BCUT2D eigenvalue weighted by Crippen LogP contribution is 2.27. The molecule has 1 aromatic carbocycles. The van der Waals surface area contributed by atoms with Crippen LogP contribution in [0.3, 0.4) is 0 Å². The lowest BCUT2D eigenvalue weighted by Gasteiger charge is -2.38. The average molecular weight is 298 g/mol. The van der Waals surface area contributed by atoms with Crippen LogP contribution < -0.4 is 5.32 Å². The molecule has 21 heavy (non-hydrogen) atoms. The summed E-state index contributed by atoms with van der Waals surface area (Å²) in [6.07, 6.45) is 0. The van der Waals surface area contributed by atoms with Crippen LogP contribution in [0.15, 0.2) is 18.2 Å². The molecule has 2 unspecified atom stereocenters. The molecule has 1 aromatic rings. The Kier molecular flexibility index (Phi) is 5.25. The normalized spacial score (nSPS) is 21.0. The minimum atomic E-state index is -0.873. The predicted octanol–water partition coefficient (Wildman–Crippen LogP) is 1.86. The summed E-state index contributed by atoms with van der Waals surface area (Å²) in [5.74, 6) is -2.07. The molecule has 1 fully saturated rings. The van der Waals surface area contributed by atoms with E-state index < -0.39 is 23.7 Å². The first-order valence-corrected chi connectivity index (χ1v) is 7.13. The lowest BCUT2D eigenvalue weighted by Crippen LogP contribution is -2.56. The number of esters is 1. The lowest BCUT2D eigenvalue weighted by atomic mass is 10.0. The number of piperazine rings is 1. The Labute approximate surface area is 123 Å². The molecule has 0 bridgehead atoms. The zero-order valence-electron chi connectivity index (χ0n) is 12.2. The monoisotopic (exact) mass is 298 g/mol. The number of halogens is 2. The molecule has 0 aliphatic carbocycles. The first kappa shape index (κ1) is 15.9. The van der Waals surface area contributed by atoms with E-state index >= 15 is 0 Å². The third-order valence-electron chi connectivity index (χ3n) is 3.77. The quantitative estimate of drug-likeness (QED) is 0.862. The highest BCUT2D eigenvalue weighted by molar-refractivity contribution is 5.76. The zero-order valence-corrected chi connectivity index (χ0v) is 12.2. The fraction of sp³-hybridized carbons (Fsp3) is 0.533. The van der Waals surface area contributed by atoms with Crippen molar-refractivity contribution in [3.63, 3.8) is 0 Å². The summed E-state index contributed by atoms with van der Waals surface area (Å²) in [6, 6.07) is 3.22. The number of hydrogen-bond donors (Lipinski definition) is 1. The van der Waals surface area contributed by atoms with Gasteiger partial charge >= 0.3 is 5.97 Å². The third kappa shape index (κ3) is 3.39. The van der Waals surface area contributed by atoms with Gasteiger partial charge in [0.05, 0.1) is 6.61 Å². The maximum Gasteiger partial charge on any atom is 0.324 e. The first-order chi connectivity index (χ1) is 10.1. The van der Waals surface area contributed by atoms with Crippen molar-refractivity contribution in [1.82, 2.24) is 10.2 Å². The molecule has 1 heterocycles. The van der Waals surface area contributed by atoms with Crippen molar-refractivity contribution in [3.05, 3.63) is 35.4 Å². The number of carbonyl (C=O) groups is 1. The Morgan fingerprint density at radius 2 is 2.29 bits per heavy atom. The van der Waals surface area contributed by atoms with Crippen molar-refractivity contribution in [1.29, 1.82) is 0 Å². The molecule has 1 aliphatic rings. The number of benzene rings is 1. The first-order valence-electron chi connectivity index (χ1n) is 7.13. The van der Waals surface area contributed by atoms with Gasteiger partial charge in [-0.05, 0) is 19.9 Å². The molecule has 0 aromatic heterocycles. The predicted molar refractivity (Wildman–Crippen MR) is 74.8 cm³/mol. The summed E-state index contributed by atoms with van der Waals surface area (Å²) in [6.45, 7) is 5.52. The molecular weight excluding hydrogens is 278 g/mol. The molecule has 0 amide bonds. The van der Waals surface area contributed by atoms with Gasteiger partial charge in [0.2, 0.25) is 0 Å². The average Bonchev–Trinajstić information content (AvgIpc) is 2.49. The highest BCUT2D eigenvalue weighted by atomic mass is 19.2. The minimum Gasteiger partial charge on any atom is -0.465 e. The second-order valence-electron chi connectivity index (χ2n) is 5.03. The molecule has 6 heteroatoms. The smallest absolute Gasteiger partial charge is 0.324 e. The number of carbonyl (C=O) groups excluding carboxylic acids is 1. The fourth-order valence-corrected chi connectivity index (χ4v) is 2.66. The van der Waals surface area contributed by atoms with Gasteiger partial charge < -0.3 is 10.1 Å². The third-order valence-corrected chi connectivity index (χ3v) is 3.77.